The minimum atomic E-state index is -0.184. The minimum absolute atomic E-state index is 0.184. The van der Waals surface area contributed by atoms with Crippen molar-refractivity contribution in [3.05, 3.63) is 40.2 Å². The van der Waals surface area contributed by atoms with Gasteiger partial charge in [0.1, 0.15) is 5.82 Å². The number of hydrogen-bond acceptors (Lipinski definition) is 4. The van der Waals surface area contributed by atoms with E-state index >= 15 is 0 Å². The van der Waals surface area contributed by atoms with E-state index in [-0.39, 0.29) is 5.82 Å². The van der Waals surface area contributed by atoms with Crippen LogP contribution in [0.3, 0.4) is 0 Å². The number of aryl methyl sites for hydroxylation is 1. The van der Waals surface area contributed by atoms with Crippen LogP contribution in [0.15, 0.2) is 18.2 Å². The van der Waals surface area contributed by atoms with Gasteiger partial charge in [-0.05, 0) is 37.6 Å². The monoisotopic (exact) mass is 291 g/mol. The van der Waals surface area contributed by atoms with Crippen molar-refractivity contribution in [3.8, 4) is 0 Å². The van der Waals surface area contributed by atoms with E-state index in [1.165, 1.54) is 16.5 Å². The van der Waals surface area contributed by atoms with Crippen molar-refractivity contribution >= 4 is 22.2 Å². The maximum Gasteiger partial charge on any atom is 0.190 e. The van der Waals surface area contributed by atoms with Crippen molar-refractivity contribution < 1.29 is 4.39 Å². The number of fused-ring (bicyclic) bond motifs is 1. The van der Waals surface area contributed by atoms with Crippen LogP contribution in [0.1, 0.15) is 23.1 Å². The fourth-order valence-corrected chi connectivity index (χ4v) is 3.55. The summed E-state index contributed by atoms with van der Waals surface area (Å²) in [5.41, 5.74) is 3.23. The van der Waals surface area contributed by atoms with Gasteiger partial charge in [0.15, 0.2) is 5.13 Å². The molecule has 0 unspecified atom stereocenters. The molecule has 5 heteroatoms. The molecule has 1 aromatic heterocycles. The van der Waals surface area contributed by atoms with Crippen LogP contribution in [-0.4, -0.2) is 18.1 Å². The Labute approximate surface area is 122 Å². The molecule has 1 aliphatic rings. The van der Waals surface area contributed by atoms with E-state index in [0.717, 1.165) is 42.6 Å². The second-order valence-electron chi connectivity index (χ2n) is 4.96. The van der Waals surface area contributed by atoms with E-state index in [1.807, 2.05) is 13.0 Å². The quantitative estimate of drug-likeness (QED) is 0.936. The molecule has 0 amide bonds. The molecule has 0 bridgehead atoms. The SMILES string of the molecule is CCNCc1sc(N2CCc3ccc(F)cc32)nc1C. The number of halogens is 1. The zero-order valence-corrected chi connectivity index (χ0v) is 12.6. The van der Waals surface area contributed by atoms with Crippen LogP contribution in [0.4, 0.5) is 15.2 Å². The number of aromatic nitrogens is 1. The van der Waals surface area contributed by atoms with Crippen molar-refractivity contribution in [2.75, 3.05) is 18.0 Å². The molecule has 0 spiro atoms. The van der Waals surface area contributed by atoms with Crippen LogP contribution in [0.5, 0.6) is 0 Å². The normalized spacial score (nSPS) is 13.8. The zero-order chi connectivity index (χ0) is 14.1. The van der Waals surface area contributed by atoms with Gasteiger partial charge >= 0.3 is 0 Å². The standard InChI is InChI=1S/C15H18FN3S/c1-3-17-9-14-10(2)18-15(20-14)19-7-6-11-4-5-12(16)8-13(11)19/h4-5,8,17H,3,6-7,9H2,1-2H3. The lowest BCUT2D eigenvalue weighted by atomic mass is 10.2. The lowest BCUT2D eigenvalue weighted by molar-refractivity contribution is 0.628. The molecule has 3 nitrogen and oxygen atoms in total. The molecule has 3 rings (SSSR count). The van der Waals surface area contributed by atoms with E-state index in [2.05, 4.69) is 22.1 Å². The predicted molar refractivity (Wildman–Crippen MR) is 81.3 cm³/mol. The highest BCUT2D eigenvalue weighted by Crippen LogP contribution is 2.37. The van der Waals surface area contributed by atoms with Crippen LogP contribution < -0.4 is 10.2 Å². The van der Waals surface area contributed by atoms with Crippen molar-refractivity contribution in [2.45, 2.75) is 26.8 Å². The summed E-state index contributed by atoms with van der Waals surface area (Å²) in [6.45, 7) is 6.81. The third kappa shape index (κ3) is 2.43. The van der Waals surface area contributed by atoms with E-state index in [9.17, 15) is 4.39 Å². The van der Waals surface area contributed by atoms with Gasteiger partial charge in [-0.3, -0.25) is 0 Å². The van der Waals surface area contributed by atoms with Crippen molar-refractivity contribution in [2.24, 2.45) is 0 Å². The summed E-state index contributed by atoms with van der Waals surface area (Å²) in [6, 6.07) is 5.03. The van der Waals surface area contributed by atoms with Crippen LogP contribution in [0.25, 0.3) is 0 Å². The fraction of sp³-hybridized carbons (Fsp3) is 0.400. The largest absolute Gasteiger partial charge is 0.317 e. The number of anilines is 2. The Morgan fingerprint density at radius 1 is 1.45 bits per heavy atom. The molecule has 20 heavy (non-hydrogen) atoms. The lowest BCUT2D eigenvalue weighted by Crippen LogP contribution is -2.13. The van der Waals surface area contributed by atoms with Crippen LogP contribution in [-0.2, 0) is 13.0 Å². The van der Waals surface area contributed by atoms with Gasteiger partial charge in [0.05, 0.1) is 5.69 Å². The van der Waals surface area contributed by atoms with Crippen molar-refractivity contribution in [1.82, 2.24) is 10.3 Å². The first-order valence-electron chi connectivity index (χ1n) is 6.92. The average Bonchev–Trinajstić information content (AvgIpc) is 2.99. The molecule has 2 heterocycles. The Hall–Kier alpha value is -1.46. The third-order valence-corrected chi connectivity index (χ3v) is 4.77. The van der Waals surface area contributed by atoms with Crippen molar-refractivity contribution in [3.63, 3.8) is 0 Å². The van der Waals surface area contributed by atoms with Gasteiger partial charge in [-0.15, -0.1) is 0 Å². The lowest BCUT2D eigenvalue weighted by Gasteiger charge is -2.15. The van der Waals surface area contributed by atoms with E-state index in [0.29, 0.717) is 0 Å². The number of nitrogens with one attached hydrogen (secondary N) is 1. The molecule has 106 valence electrons. The molecule has 0 atom stereocenters. The van der Waals surface area contributed by atoms with Gasteiger partial charge in [-0.2, -0.15) is 0 Å². The van der Waals surface area contributed by atoms with Crippen LogP contribution in [0.2, 0.25) is 0 Å². The number of hydrogen-bond donors (Lipinski definition) is 1. The van der Waals surface area contributed by atoms with Gasteiger partial charge in [0.2, 0.25) is 0 Å². The van der Waals surface area contributed by atoms with Gasteiger partial charge < -0.3 is 10.2 Å². The maximum atomic E-state index is 13.4. The summed E-state index contributed by atoms with van der Waals surface area (Å²) in [6.07, 6.45) is 0.955. The van der Waals surface area contributed by atoms with Crippen molar-refractivity contribution in [1.29, 1.82) is 0 Å². The second-order valence-corrected chi connectivity index (χ2v) is 6.02. The minimum Gasteiger partial charge on any atom is -0.317 e. The molecule has 1 aromatic carbocycles. The topological polar surface area (TPSA) is 28.2 Å². The van der Waals surface area contributed by atoms with E-state index in [4.69, 9.17) is 0 Å². The number of thiazole rings is 1. The highest BCUT2D eigenvalue weighted by molar-refractivity contribution is 7.15. The summed E-state index contributed by atoms with van der Waals surface area (Å²) >= 11 is 1.70. The summed E-state index contributed by atoms with van der Waals surface area (Å²) in [7, 11) is 0. The molecule has 1 N–H and O–H groups in total. The molecular weight excluding hydrogens is 273 g/mol. The molecular formula is C15H18FN3S. The first-order chi connectivity index (χ1) is 9.69. The number of rotatable bonds is 4. The first-order valence-corrected chi connectivity index (χ1v) is 7.73. The zero-order valence-electron chi connectivity index (χ0n) is 11.7. The van der Waals surface area contributed by atoms with Gasteiger partial charge in [-0.1, -0.05) is 24.3 Å². The summed E-state index contributed by atoms with van der Waals surface area (Å²) in [4.78, 5) is 8.04. The second kappa shape index (κ2) is 5.50. The number of benzene rings is 1. The van der Waals surface area contributed by atoms with Gasteiger partial charge in [0, 0.05) is 23.7 Å². The Kier molecular flexibility index (Phi) is 3.72. The summed E-state index contributed by atoms with van der Waals surface area (Å²) in [5.74, 6) is -0.184. The Morgan fingerprint density at radius 3 is 3.10 bits per heavy atom. The Morgan fingerprint density at radius 2 is 2.30 bits per heavy atom. The number of nitrogens with zero attached hydrogens (tertiary/aromatic N) is 2. The molecule has 0 saturated heterocycles. The molecule has 0 fully saturated rings. The first kappa shape index (κ1) is 13.5. The van der Waals surface area contributed by atoms with Crippen LogP contribution >= 0.6 is 11.3 Å². The molecule has 0 aliphatic carbocycles. The molecule has 2 aromatic rings. The van der Waals surface area contributed by atoms with Gasteiger partial charge in [-0.25, -0.2) is 9.37 Å². The smallest absolute Gasteiger partial charge is 0.190 e. The maximum absolute atomic E-state index is 13.4. The van der Waals surface area contributed by atoms with Crippen LogP contribution in [0, 0.1) is 12.7 Å². The summed E-state index contributed by atoms with van der Waals surface area (Å²) < 4.78 is 13.4. The van der Waals surface area contributed by atoms with E-state index < -0.39 is 0 Å². The van der Waals surface area contributed by atoms with E-state index in [1.54, 1.807) is 17.4 Å². The molecule has 0 radical (unpaired) electrons. The van der Waals surface area contributed by atoms with Gasteiger partial charge in [0.25, 0.3) is 0 Å². The predicted octanol–water partition coefficient (Wildman–Crippen LogP) is 3.39. The summed E-state index contributed by atoms with van der Waals surface area (Å²) in [5, 5.41) is 4.30. The molecule has 1 aliphatic heterocycles. The molecule has 0 saturated carbocycles. The Balaban J connectivity index is 1.90. The highest BCUT2D eigenvalue weighted by Gasteiger charge is 2.24. The fourth-order valence-electron chi connectivity index (χ4n) is 2.48. The third-order valence-electron chi connectivity index (χ3n) is 3.59. The average molecular weight is 291 g/mol. The Bertz CT molecular complexity index is 624. The highest BCUT2D eigenvalue weighted by atomic mass is 32.1.